The van der Waals surface area contributed by atoms with Crippen molar-refractivity contribution in [2.75, 3.05) is 46.8 Å². The van der Waals surface area contributed by atoms with Gasteiger partial charge in [-0.25, -0.2) is 0 Å². The monoisotopic (exact) mass is 415 g/mol. The van der Waals surface area contributed by atoms with E-state index in [1.54, 1.807) is 0 Å². The number of aliphatic hydroxyl groups is 1. The summed E-state index contributed by atoms with van der Waals surface area (Å²) in [6.45, 7) is 11.4. The zero-order chi connectivity index (χ0) is 21.7. The van der Waals surface area contributed by atoms with E-state index in [0.29, 0.717) is 11.7 Å². The fourth-order valence-electron chi connectivity index (χ4n) is 6.48. The number of likely N-dealkylation sites (N-methyl/N-ethyl adjacent to an activating group) is 2. The highest BCUT2D eigenvalue weighted by Crippen LogP contribution is 2.51. The van der Waals surface area contributed by atoms with Crippen LogP contribution in [0.4, 0.5) is 0 Å². The van der Waals surface area contributed by atoms with Crippen molar-refractivity contribution < 1.29 is 10.2 Å². The Labute approximate surface area is 182 Å². The molecule has 2 fully saturated rings. The lowest BCUT2D eigenvalue weighted by molar-refractivity contribution is -0.0962. The van der Waals surface area contributed by atoms with Gasteiger partial charge in [0.1, 0.15) is 5.75 Å². The number of hydrogen-bond acceptors (Lipinski definition) is 5. The predicted molar refractivity (Wildman–Crippen MR) is 122 cm³/mol. The molecule has 168 valence electrons. The quantitative estimate of drug-likeness (QED) is 0.774. The van der Waals surface area contributed by atoms with Crippen molar-refractivity contribution in [1.29, 1.82) is 0 Å². The van der Waals surface area contributed by atoms with Crippen molar-refractivity contribution >= 4 is 0 Å². The molecule has 30 heavy (non-hydrogen) atoms. The lowest BCUT2D eigenvalue weighted by Crippen LogP contribution is -2.68. The van der Waals surface area contributed by atoms with Gasteiger partial charge < -0.3 is 15.1 Å². The highest BCUT2D eigenvalue weighted by atomic mass is 16.3. The smallest absolute Gasteiger partial charge is 0.115 e. The Hall–Kier alpha value is -1.14. The van der Waals surface area contributed by atoms with Gasteiger partial charge in [0.25, 0.3) is 0 Å². The molecule has 5 nitrogen and oxygen atoms in total. The summed E-state index contributed by atoms with van der Waals surface area (Å²) in [4.78, 5) is 7.66. The van der Waals surface area contributed by atoms with E-state index in [4.69, 9.17) is 0 Å². The van der Waals surface area contributed by atoms with Crippen LogP contribution in [0.25, 0.3) is 0 Å². The molecule has 2 saturated heterocycles. The van der Waals surface area contributed by atoms with Gasteiger partial charge in [0.05, 0.1) is 11.3 Å². The number of fused-ring (bicyclic) bond motifs is 4. The molecule has 2 aliphatic heterocycles. The minimum Gasteiger partial charge on any atom is -0.508 e. The molecule has 2 N–H and O–H groups in total. The highest BCUT2D eigenvalue weighted by molar-refractivity contribution is 5.44. The summed E-state index contributed by atoms with van der Waals surface area (Å²) in [5.74, 6) is 1.11. The number of hydrogen-bond donors (Lipinski definition) is 2. The van der Waals surface area contributed by atoms with Gasteiger partial charge in [-0.2, -0.15) is 0 Å². The molecule has 1 aromatic rings. The van der Waals surface area contributed by atoms with E-state index in [2.05, 4.69) is 41.8 Å². The maximum atomic E-state index is 10.1. The lowest BCUT2D eigenvalue weighted by Gasteiger charge is -2.60. The number of nitrogens with zero attached hydrogens (tertiary/aromatic N) is 3. The number of likely N-dealkylation sites (tertiary alicyclic amines) is 2. The van der Waals surface area contributed by atoms with Gasteiger partial charge in [-0.05, 0) is 101 Å². The van der Waals surface area contributed by atoms with Crippen LogP contribution in [0.2, 0.25) is 0 Å². The third-order valence-corrected chi connectivity index (χ3v) is 8.16. The van der Waals surface area contributed by atoms with E-state index in [1.807, 2.05) is 26.0 Å². The summed E-state index contributed by atoms with van der Waals surface area (Å²) in [7, 11) is 4.63. The summed E-state index contributed by atoms with van der Waals surface area (Å²) in [6, 6.07) is 6.03. The first kappa shape index (κ1) is 22.1. The summed E-state index contributed by atoms with van der Waals surface area (Å²) in [6.07, 6.45) is 5.72. The third kappa shape index (κ3) is 4.14. The highest BCUT2D eigenvalue weighted by Gasteiger charge is 2.53. The van der Waals surface area contributed by atoms with Crippen LogP contribution in [0.15, 0.2) is 18.2 Å². The summed E-state index contributed by atoms with van der Waals surface area (Å²) < 4.78 is 0. The first-order valence-corrected chi connectivity index (χ1v) is 11.7. The molecular weight excluding hydrogens is 374 g/mol. The normalized spacial score (nSPS) is 31.2. The number of β-amino-alcohol motifs (C(OH)–C–C–N with tert-alkyl or cyclic N) is 1. The van der Waals surface area contributed by atoms with Crippen molar-refractivity contribution in [3.05, 3.63) is 29.3 Å². The molecule has 4 rings (SSSR count). The Kier molecular flexibility index (Phi) is 5.72. The van der Waals surface area contributed by atoms with Gasteiger partial charge in [-0.1, -0.05) is 13.0 Å². The van der Waals surface area contributed by atoms with Gasteiger partial charge in [0.15, 0.2) is 0 Å². The molecule has 2 bridgehead atoms. The first-order valence-electron chi connectivity index (χ1n) is 11.7. The van der Waals surface area contributed by atoms with E-state index in [1.165, 1.54) is 24.0 Å². The van der Waals surface area contributed by atoms with Crippen molar-refractivity contribution in [3.63, 3.8) is 0 Å². The van der Waals surface area contributed by atoms with Gasteiger partial charge >= 0.3 is 0 Å². The van der Waals surface area contributed by atoms with Crippen LogP contribution in [0.1, 0.15) is 57.6 Å². The standard InChI is InChI=1S/C25H41N3O2/c1-23(2,30)18-28-11-8-19(9-12-28)16-27(5)25-15-20-6-7-21(29)14-22(20)24(3,17-25)10-13-26(25)4/h6-7,14,19,29-30H,8-13,15-18H2,1-5H3. The van der Waals surface area contributed by atoms with Gasteiger partial charge in [0.2, 0.25) is 0 Å². The average molecular weight is 416 g/mol. The average Bonchev–Trinajstić information content (AvgIpc) is 2.66. The van der Waals surface area contributed by atoms with E-state index < -0.39 is 5.60 Å². The molecule has 2 atom stereocenters. The Morgan fingerprint density at radius 2 is 1.90 bits per heavy atom. The third-order valence-electron chi connectivity index (χ3n) is 8.16. The fourth-order valence-corrected chi connectivity index (χ4v) is 6.48. The van der Waals surface area contributed by atoms with Crippen molar-refractivity contribution in [2.45, 2.75) is 69.6 Å². The van der Waals surface area contributed by atoms with E-state index >= 15 is 0 Å². The van der Waals surface area contributed by atoms with Crippen molar-refractivity contribution in [1.82, 2.24) is 14.7 Å². The van der Waals surface area contributed by atoms with Crippen molar-refractivity contribution in [3.8, 4) is 5.75 Å². The summed E-state index contributed by atoms with van der Waals surface area (Å²) >= 11 is 0. The molecule has 0 aromatic heterocycles. The maximum Gasteiger partial charge on any atom is 0.115 e. The maximum absolute atomic E-state index is 10.1. The van der Waals surface area contributed by atoms with E-state index in [0.717, 1.165) is 52.0 Å². The number of phenolic OH excluding ortho intramolecular Hbond substituents is 1. The predicted octanol–water partition coefficient (Wildman–Crippen LogP) is 3.04. The number of aromatic hydroxyl groups is 1. The molecule has 1 aromatic carbocycles. The molecule has 0 saturated carbocycles. The molecule has 2 heterocycles. The Balaban J connectivity index is 1.48. The number of rotatable bonds is 5. The van der Waals surface area contributed by atoms with Gasteiger partial charge in [-0.3, -0.25) is 9.80 Å². The molecule has 0 radical (unpaired) electrons. The summed E-state index contributed by atoms with van der Waals surface area (Å²) in [5, 5.41) is 20.2. The van der Waals surface area contributed by atoms with Crippen LogP contribution in [0, 0.1) is 5.92 Å². The minimum atomic E-state index is -0.609. The Morgan fingerprint density at radius 3 is 2.57 bits per heavy atom. The zero-order valence-corrected chi connectivity index (χ0v) is 19.6. The molecule has 0 spiro atoms. The van der Waals surface area contributed by atoms with Crippen LogP contribution in [-0.2, 0) is 11.8 Å². The van der Waals surface area contributed by atoms with Crippen LogP contribution < -0.4 is 0 Å². The Bertz CT molecular complexity index is 768. The minimum absolute atomic E-state index is 0.0567. The molecular formula is C25H41N3O2. The topological polar surface area (TPSA) is 50.2 Å². The van der Waals surface area contributed by atoms with Gasteiger partial charge in [-0.15, -0.1) is 0 Å². The van der Waals surface area contributed by atoms with Crippen LogP contribution in [-0.4, -0.2) is 83.0 Å². The van der Waals surface area contributed by atoms with Crippen LogP contribution >= 0.6 is 0 Å². The van der Waals surface area contributed by atoms with Crippen LogP contribution in [0.3, 0.4) is 0 Å². The Morgan fingerprint density at radius 1 is 1.20 bits per heavy atom. The fraction of sp³-hybridized carbons (Fsp3) is 0.760. The van der Waals surface area contributed by atoms with E-state index in [-0.39, 0.29) is 11.1 Å². The second-order valence-corrected chi connectivity index (χ2v) is 11.3. The second kappa shape index (κ2) is 7.77. The summed E-state index contributed by atoms with van der Waals surface area (Å²) in [5.41, 5.74) is 2.34. The largest absolute Gasteiger partial charge is 0.508 e. The lowest BCUT2D eigenvalue weighted by atomic mass is 9.62. The first-order chi connectivity index (χ1) is 14.0. The molecule has 0 amide bonds. The molecule has 2 unspecified atom stereocenters. The van der Waals surface area contributed by atoms with Crippen LogP contribution in [0.5, 0.6) is 5.75 Å². The van der Waals surface area contributed by atoms with E-state index in [9.17, 15) is 10.2 Å². The SMILES string of the molecule is CN1CCC2(C)CC1(N(C)CC1CCN(CC(C)(C)O)CC1)Cc1ccc(O)cc12. The number of piperidine rings is 2. The van der Waals surface area contributed by atoms with Gasteiger partial charge in [0, 0.05) is 26.1 Å². The molecule has 1 aliphatic carbocycles. The van der Waals surface area contributed by atoms with Crippen molar-refractivity contribution in [2.24, 2.45) is 5.92 Å². The number of benzene rings is 1. The molecule has 3 aliphatic rings. The second-order valence-electron chi connectivity index (χ2n) is 11.3. The molecule has 5 heteroatoms. The number of phenols is 1. The zero-order valence-electron chi connectivity index (χ0n) is 19.6.